The molecule has 1 aromatic heterocycles. The maximum Gasteiger partial charge on any atom is 0.244 e. The maximum absolute atomic E-state index is 13.2. The number of hydrogen-bond donors (Lipinski definition) is 2. The van der Waals surface area contributed by atoms with Crippen LogP contribution in [0, 0.1) is 5.82 Å². The molecule has 0 atom stereocenters. The molecule has 8 heteroatoms. The third kappa shape index (κ3) is 5.01. The molecule has 0 aliphatic carbocycles. The number of aromatic nitrogens is 3. The molecule has 128 valence electrons. The zero-order valence-corrected chi connectivity index (χ0v) is 14.5. The van der Waals surface area contributed by atoms with Crippen LogP contribution in [0.3, 0.4) is 0 Å². The first kappa shape index (κ1) is 17.4. The molecule has 5 nitrogen and oxygen atoms in total. The van der Waals surface area contributed by atoms with Gasteiger partial charge >= 0.3 is 0 Å². The van der Waals surface area contributed by atoms with Gasteiger partial charge in [-0.2, -0.15) is 10.1 Å². The van der Waals surface area contributed by atoms with Crippen molar-refractivity contribution in [3.8, 4) is 0 Å². The lowest BCUT2D eigenvalue weighted by Crippen LogP contribution is -2.09. The lowest BCUT2D eigenvalue weighted by atomic mass is 10.1. The van der Waals surface area contributed by atoms with Crippen LogP contribution in [0.5, 0.6) is 0 Å². The summed E-state index contributed by atoms with van der Waals surface area (Å²) in [5, 5.41) is 14.7. The minimum atomic E-state index is -0.476. The number of nitrogens with one attached hydrogen (secondary N) is 2. The highest BCUT2D eigenvalue weighted by Gasteiger charge is 2.04. The molecule has 0 spiro atoms. The van der Waals surface area contributed by atoms with Crippen molar-refractivity contribution >= 4 is 40.7 Å². The van der Waals surface area contributed by atoms with Crippen molar-refractivity contribution in [2.75, 3.05) is 17.2 Å². The normalized spacial score (nSPS) is 10.5. The Morgan fingerprint density at radius 3 is 2.76 bits per heavy atom. The fourth-order valence-corrected chi connectivity index (χ4v) is 2.56. The van der Waals surface area contributed by atoms with E-state index in [1.807, 2.05) is 24.3 Å². The Bertz CT molecular complexity index is 875. The number of nitrogens with zero attached hydrogens (tertiary/aromatic N) is 3. The van der Waals surface area contributed by atoms with Gasteiger partial charge in [-0.25, -0.2) is 4.39 Å². The monoisotopic (exact) mass is 377 g/mol. The summed E-state index contributed by atoms with van der Waals surface area (Å²) in [7, 11) is 0. The van der Waals surface area contributed by atoms with Crippen molar-refractivity contribution in [3.05, 3.63) is 70.1 Å². The highest BCUT2D eigenvalue weighted by Crippen LogP contribution is 2.21. The van der Waals surface area contributed by atoms with Gasteiger partial charge in [-0.1, -0.05) is 35.3 Å². The average molecular weight is 378 g/mol. The predicted molar refractivity (Wildman–Crippen MR) is 98.2 cm³/mol. The molecule has 0 unspecified atom stereocenters. The Hall–Kier alpha value is -2.44. The molecule has 0 saturated heterocycles. The zero-order valence-electron chi connectivity index (χ0n) is 13.0. The molecule has 3 aromatic rings. The summed E-state index contributed by atoms with van der Waals surface area (Å²) < 4.78 is 13.2. The van der Waals surface area contributed by atoms with Crippen molar-refractivity contribution in [3.63, 3.8) is 0 Å². The molecular weight excluding hydrogens is 364 g/mol. The second kappa shape index (κ2) is 8.09. The van der Waals surface area contributed by atoms with E-state index in [0.29, 0.717) is 29.0 Å². The van der Waals surface area contributed by atoms with Crippen molar-refractivity contribution in [1.82, 2.24) is 15.2 Å². The van der Waals surface area contributed by atoms with E-state index in [2.05, 4.69) is 25.8 Å². The van der Waals surface area contributed by atoms with Crippen molar-refractivity contribution in [2.24, 2.45) is 0 Å². The van der Waals surface area contributed by atoms with Crippen LogP contribution in [0.25, 0.3) is 0 Å². The summed E-state index contributed by atoms with van der Waals surface area (Å²) in [6, 6.07) is 12.0. The molecule has 0 fully saturated rings. The molecule has 0 saturated carbocycles. The minimum Gasteiger partial charge on any atom is -0.353 e. The Balaban J connectivity index is 1.60. The molecular formula is C17H14Cl2FN5. The third-order valence-electron chi connectivity index (χ3n) is 3.34. The van der Waals surface area contributed by atoms with Crippen LogP contribution in [-0.2, 0) is 6.42 Å². The van der Waals surface area contributed by atoms with Crippen LogP contribution in [-0.4, -0.2) is 21.7 Å². The first-order valence-electron chi connectivity index (χ1n) is 7.50. The Morgan fingerprint density at radius 2 is 1.96 bits per heavy atom. The quantitative estimate of drug-likeness (QED) is 0.650. The summed E-state index contributed by atoms with van der Waals surface area (Å²) in [4.78, 5) is 4.31. The average Bonchev–Trinajstić information content (AvgIpc) is 2.59. The van der Waals surface area contributed by atoms with Crippen LogP contribution in [0.4, 0.5) is 21.8 Å². The SMILES string of the molecule is Fc1ccc(Nc2cnnc(NCCc3cccc(Cl)c3)n2)cc1Cl. The largest absolute Gasteiger partial charge is 0.353 e. The van der Waals surface area contributed by atoms with E-state index >= 15 is 0 Å². The predicted octanol–water partition coefficient (Wildman–Crippen LogP) is 4.72. The summed E-state index contributed by atoms with van der Waals surface area (Å²) in [6.07, 6.45) is 2.24. The van der Waals surface area contributed by atoms with Crippen LogP contribution < -0.4 is 10.6 Å². The second-order valence-electron chi connectivity index (χ2n) is 5.23. The summed E-state index contributed by atoms with van der Waals surface area (Å²) in [5.74, 6) is 0.388. The summed E-state index contributed by atoms with van der Waals surface area (Å²) in [6.45, 7) is 0.633. The topological polar surface area (TPSA) is 62.7 Å². The molecule has 25 heavy (non-hydrogen) atoms. The van der Waals surface area contributed by atoms with Gasteiger partial charge < -0.3 is 10.6 Å². The Labute approximate surface area is 154 Å². The Kier molecular flexibility index (Phi) is 5.63. The van der Waals surface area contributed by atoms with E-state index in [-0.39, 0.29) is 5.02 Å². The molecule has 0 radical (unpaired) electrons. The van der Waals surface area contributed by atoms with Crippen molar-refractivity contribution in [1.29, 1.82) is 0 Å². The van der Waals surface area contributed by atoms with Gasteiger partial charge in [0.05, 0.1) is 11.2 Å². The van der Waals surface area contributed by atoms with Gasteiger partial charge in [-0.15, -0.1) is 5.10 Å². The second-order valence-corrected chi connectivity index (χ2v) is 6.07. The van der Waals surface area contributed by atoms with Gasteiger partial charge in [-0.3, -0.25) is 0 Å². The first-order chi connectivity index (χ1) is 12.1. The van der Waals surface area contributed by atoms with Crippen molar-refractivity contribution < 1.29 is 4.39 Å². The van der Waals surface area contributed by atoms with Crippen LogP contribution in [0.15, 0.2) is 48.7 Å². The van der Waals surface area contributed by atoms with E-state index in [1.54, 1.807) is 6.07 Å². The van der Waals surface area contributed by atoms with E-state index in [4.69, 9.17) is 23.2 Å². The van der Waals surface area contributed by atoms with Crippen LogP contribution in [0.1, 0.15) is 5.56 Å². The molecule has 0 aliphatic heterocycles. The third-order valence-corrected chi connectivity index (χ3v) is 3.86. The van der Waals surface area contributed by atoms with Crippen LogP contribution in [0.2, 0.25) is 10.0 Å². The lowest BCUT2D eigenvalue weighted by Gasteiger charge is -2.08. The van der Waals surface area contributed by atoms with Gasteiger partial charge in [0.1, 0.15) is 5.82 Å². The number of halogens is 3. The van der Waals surface area contributed by atoms with E-state index < -0.39 is 5.82 Å². The minimum absolute atomic E-state index is 0.0342. The fraction of sp³-hybridized carbons (Fsp3) is 0.118. The summed E-state index contributed by atoms with van der Waals surface area (Å²) >= 11 is 11.7. The van der Waals surface area contributed by atoms with Gasteiger partial charge in [0.15, 0.2) is 5.82 Å². The van der Waals surface area contributed by atoms with Crippen molar-refractivity contribution in [2.45, 2.75) is 6.42 Å². The number of rotatable bonds is 6. The zero-order chi connectivity index (χ0) is 17.6. The van der Waals surface area contributed by atoms with Gasteiger partial charge in [0.25, 0.3) is 0 Å². The first-order valence-corrected chi connectivity index (χ1v) is 8.26. The molecule has 1 heterocycles. The molecule has 3 rings (SSSR count). The molecule has 2 aromatic carbocycles. The summed E-state index contributed by atoms with van der Waals surface area (Å²) in [5.41, 5.74) is 1.72. The smallest absolute Gasteiger partial charge is 0.244 e. The number of anilines is 3. The van der Waals surface area contributed by atoms with Crippen LogP contribution >= 0.6 is 23.2 Å². The molecule has 2 N–H and O–H groups in total. The number of benzene rings is 2. The van der Waals surface area contributed by atoms with Gasteiger partial charge in [-0.05, 0) is 42.3 Å². The molecule has 0 amide bonds. The maximum atomic E-state index is 13.2. The van der Waals surface area contributed by atoms with E-state index in [9.17, 15) is 4.39 Å². The Morgan fingerprint density at radius 1 is 1.08 bits per heavy atom. The van der Waals surface area contributed by atoms with E-state index in [0.717, 1.165) is 12.0 Å². The number of hydrogen-bond acceptors (Lipinski definition) is 5. The standard InChI is InChI=1S/C17H14Cl2FN5/c18-12-3-1-2-11(8-12)6-7-21-17-24-16(10-22-25-17)23-13-4-5-15(20)14(19)9-13/h1-5,8-10H,6-7H2,(H2,21,23,24,25). The molecule has 0 aliphatic rings. The highest BCUT2D eigenvalue weighted by molar-refractivity contribution is 6.31. The lowest BCUT2D eigenvalue weighted by molar-refractivity contribution is 0.628. The van der Waals surface area contributed by atoms with E-state index in [1.165, 1.54) is 18.3 Å². The van der Waals surface area contributed by atoms with Gasteiger partial charge in [0, 0.05) is 17.3 Å². The molecule has 0 bridgehead atoms. The van der Waals surface area contributed by atoms with Gasteiger partial charge in [0.2, 0.25) is 5.95 Å². The fourth-order valence-electron chi connectivity index (χ4n) is 2.17. The highest BCUT2D eigenvalue weighted by atomic mass is 35.5.